The van der Waals surface area contributed by atoms with E-state index in [0.29, 0.717) is 13.1 Å². The molecule has 0 amide bonds. The zero-order valence-electron chi connectivity index (χ0n) is 10.4. The fourth-order valence-corrected chi connectivity index (χ4v) is 2.10. The number of rotatable bonds is 2. The van der Waals surface area contributed by atoms with E-state index >= 15 is 0 Å². The van der Waals surface area contributed by atoms with Gasteiger partial charge in [0.15, 0.2) is 0 Å². The van der Waals surface area contributed by atoms with Crippen LogP contribution in [0.2, 0.25) is 0 Å². The molecule has 0 spiro atoms. The molecule has 0 radical (unpaired) electrons. The van der Waals surface area contributed by atoms with E-state index in [1.165, 1.54) is 0 Å². The second-order valence-corrected chi connectivity index (χ2v) is 4.74. The zero-order chi connectivity index (χ0) is 11.9. The number of hydrogen-bond donors (Lipinski definition) is 1. The molecule has 0 unspecified atom stereocenters. The lowest BCUT2D eigenvalue weighted by Gasteiger charge is -2.47. The number of hydrogen-bond acceptors (Lipinski definition) is 4. The van der Waals surface area contributed by atoms with Gasteiger partial charge in [0.1, 0.15) is 11.6 Å². The molecule has 1 aromatic heterocycles. The highest BCUT2D eigenvalue weighted by Gasteiger charge is 2.40. The quantitative estimate of drug-likeness (QED) is 0.819. The van der Waals surface area contributed by atoms with E-state index in [9.17, 15) is 5.11 Å². The Morgan fingerprint density at radius 2 is 1.88 bits per heavy atom. The Morgan fingerprint density at radius 1 is 1.25 bits per heavy atom. The van der Waals surface area contributed by atoms with Gasteiger partial charge in [-0.3, -0.25) is 0 Å². The molecule has 16 heavy (non-hydrogen) atoms. The van der Waals surface area contributed by atoms with Crippen molar-refractivity contribution >= 4 is 5.82 Å². The van der Waals surface area contributed by atoms with Gasteiger partial charge in [-0.15, -0.1) is 0 Å². The van der Waals surface area contributed by atoms with E-state index in [4.69, 9.17) is 0 Å². The predicted molar refractivity (Wildman–Crippen MR) is 63.7 cm³/mol. The minimum absolute atomic E-state index is 0.515. The smallest absolute Gasteiger partial charge is 0.135 e. The molecule has 0 bridgehead atoms. The fourth-order valence-electron chi connectivity index (χ4n) is 2.10. The molecule has 88 valence electrons. The van der Waals surface area contributed by atoms with Crippen molar-refractivity contribution in [1.82, 2.24) is 9.97 Å². The highest BCUT2D eigenvalue weighted by molar-refractivity contribution is 5.51. The summed E-state index contributed by atoms with van der Waals surface area (Å²) in [5.74, 6) is 1.77. The molecular formula is C12H19N3O. The maximum atomic E-state index is 9.99. The van der Waals surface area contributed by atoms with Gasteiger partial charge in [-0.25, -0.2) is 9.97 Å². The number of aromatic nitrogens is 2. The molecule has 0 aliphatic carbocycles. The van der Waals surface area contributed by atoms with E-state index in [0.717, 1.165) is 29.3 Å². The van der Waals surface area contributed by atoms with Gasteiger partial charge in [-0.1, -0.05) is 6.92 Å². The molecule has 1 aromatic rings. The molecule has 4 nitrogen and oxygen atoms in total. The van der Waals surface area contributed by atoms with E-state index in [1.54, 1.807) is 0 Å². The lowest BCUT2D eigenvalue weighted by molar-refractivity contribution is 0.00795. The monoisotopic (exact) mass is 221 g/mol. The van der Waals surface area contributed by atoms with Crippen LogP contribution in [0.3, 0.4) is 0 Å². The third kappa shape index (κ3) is 1.78. The highest BCUT2D eigenvalue weighted by Crippen LogP contribution is 2.31. The van der Waals surface area contributed by atoms with Crippen LogP contribution >= 0.6 is 0 Å². The van der Waals surface area contributed by atoms with Gasteiger partial charge in [0.05, 0.1) is 5.60 Å². The van der Waals surface area contributed by atoms with Gasteiger partial charge >= 0.3 is 0 Å². The van der Waals surface area contributed by atoms with Crippen molar-refractivity contribution in [2.75, 3.05) is 18.0 Å². The lowest BCUT2D eigenvalue weighted by atomic mass is 9.91. The molecule has 0 aromatic carbocycles. The molecule has 1 saturated heterocycles. The third-order valence-corrected chi connectivity index (χ3v) is 3.40. The van der Waals surface area contributed by atoms with Crippen LogP contribution in [-0.2, 0) is 0 Å². The first kappa shape index (κ1) is 11.3. The van der Waals surface area contributed by atoms with Gasteiger partial charge in [0.25, 0.3) is 0 Å². The number of β-amino-alcohol motifs (C(OH)–C–C–N with tert-alkyl or cyclic N) is 1. The first-order chi connectivity index (χ1) is 7.45. The van der Waals surface area contributed by atoms with Gasteiger partial charge in [0, 0.05) is 24.3 Å². The summed E-state index contributed by atoms with van der Waals surface area (Å²) in [6, 6.07) is 0. The SMILES string of the molecule is CCC1(O)CN(c2nc(C)nc(C)c2C)C1. The average Bonchev–Trinajstić information content (AvgIpc) is 2.19. The summed E-state index contributed by atoms with van der Waals surface area (Å²) in [6.07, 6.45) is 0.797. The van der Waals surface area contributed by atoms with Crippen LogP contribution in [0.5, 0.6) is 0 Å². The van der Waals surface area contributed by atoms with Gasteiger partial charge in [0.2, 0.25) is 0 Å². The van der Waals surface area contributed by atoms with E-state index in [-0.39, 0.29) is 0 Å². The molecule has 0 atom stereocenters. The summed E-state index contributed by atoms with van der Waals surface area (Å²) in [5.41, 5.74) is 1.62. The molecule has 2 heterocycles. The van der Waals surface area contributed by atoms with Crippen molar-refractivity contribution in [3.63, 3.8) is 0 Å². The molecule has 4 heteroatoms. The largest absolute Gasteiger partial charge is 0.386 e. The number of nitrogens with zero attached hydrogens (tertiary/aromatic N) is 3. The van der Waals surface area contributed by atoms with E-state index in [1.807, 2.05) is 27.7 Å². The van der Waals surface area contributed by atoms with Gasteiger partial charge < -0.3 is 10.0 Å². The molecule has 0 saturated carbocycles. The highest BCUT2D eigenvalue weighted by atomic mass is 16.3. The predicted octanol–water partition coefficient (Wildman–Crippen LogP) is 1.36. The van der Waals surface area contributed by atoms with E-state index in [2.05, 4.69) is 14.9 Å². The van der Waals surface area contributed by atoms with Gasteiger partial charge in [-0.2, -0.15) is 0 Å². The van der Waals surface area contributed by atoms with Crippen molar-refractivity contribution in [3.05, 3.63) is 17.1 Å². The molecule has 1 fully saturated rings. The Morgan fingerprint density at radius 3 is 2.44 bits per heavy atom. The number of aryl methyl sites for hydroxylation is 2. The number of anilines is 1. The molecule has 1 aliphatic rings. The summed E-state index contributed by atoms with van der Waals surface area (Å²) >= 11 is 0. The minimum Gasteiger partial charge on any atom is -0.386 e. The van der Waals surface area contributed by atoms with Crippen molar-refractivity contribution in [2.45, 2.75) is 39.7 Å². The fraction of sp³-hybridized carbons (Fsp3) is 0.667. The summed E-state index contributed by atoms with van der Waals surface area (Å²) < 4.78 is 0. The molecule has 1 aliphatic heterocycles. The number of aliphatic hydroxyl groups is 1. The maximum absolute atomic E-state index is 9.99. The zero-order valence-corrected chi connectivity index (χ0v) is 10.4. The van der Waals surface area contributed by atoms with Crippen LogP contribution in [0.25, 0.3) is 0 Å². The second-order valence-electron chi connectivity index (χ2n) is 4.74. The Labute approximate surface area is 96.3 Å². The topological polar surface area (TPSA) is 49.2 Å². The molecular weight excluding hydrogens is 202 g/mol. The van der Waals surface area contributed by atoms with Crippen LogP contribution in [0.15, 0.2) is 0 Å². The summed E-state index contributed by atoms with van der Waals surface area (Å²) in [5, 5.41) is 9.99. The Bertz CT molecular complexity index is 411. The molecule has 1 N–H and O–H groups in total. The maximum Gasteiger partial charge on any atom is 0.135 e. The van der Waals surface area contributed by atoms with E-state index < -0.39 is 5.60 Å². The second kappa shape index (κ2) is 3.70. The Balaban J connectivity index is 2.24. The van der Waals surface area contributed by atoms with Crippen molar-refractivity contribution in [2.24, 2.45) is 0 Å². The van der Waals surface area contributed by atoms with Crippen molar-refractivity contribution in [3.8, 4) is 0 Å². The van der Waals surface area contributed by atoms with Crippen molar-refractivity contribution in [1.29, 1.82) is 0 Å². The van der Waals surface area contributed by atoms with Crippen LogP contribution in [-0.4, -0.2) is 33.8 Å². The third-order valence-electron chi connectivity index (χ3n) is 3.40. The van der Waals surface area contributed by atoms with Gasteiger partial charge in [-0.05, 0) is 27.2 Å². The Kier molecular flexibility index (Phi) is 2.62. The van der Waals surface area contributed by atoms with Crippen LogP contribution in [0.1, 0.15) is 30.4 Å². The van der Waals surface area contributed by atoms with Crippen molar-refractivity contribution < 1.29 is 5.11 Å². The van der Waals surface area contributed by atoms with Crippen LogP contribution in [0, 0.1) is 20.8 Å². The molecule has 2 rings (SSSR count). The van der Waals surface area contributed by atoms with Crippen LogP contribution in [0.4, 0.5) is 5.82 Å². The summed E-state index contributed by atoms with van der Waals surface area (Å²) in [4.78, 5) is 10.9. The first-order valence-corrected chi connectivity index (χ1v) is 5.74. The summed E-state index contributed by atoms with van der Waals surface area (Å²) in [7, 11) is 0. The Hall–Kier alpha value is -1.16. The lowest BCUT2D eigenvalue weighted by Crippen LogP contribution is -2.62. The average molecular weight is 221 g/mol. The van der Waals surface area contributed by atoms with Crippen LogP contribution < -0.4 is 4.90 Å². The minimum atomic E-state index is -0.515. The summed E-state index contributed by atoms with van der Waals surface area (Å²) in [6.45, 7) is 9.32. The standard InChI is InChI=1S/C12H19N3O/c1-5-12(16)6-15(7-12)11-8(2)9(3)13-10(4)14-11/h16H,5-7H2,1-4H3. The first-order valence-electron chi connectivity index (χ1n) is 5.74. The normalized spacial score (nSPS) is 18.4.